The molecular weight excluding hydrogens is 531 g/mol. The van der Waals surface area contributed by atoms with Crippen molar-refractivity contribution in [2.75, 3.05) is 18.1 Å². The molecule has 4 aliphatic rings. The molecule has 210 valence electrons. The number of amides is 3. The molecule has 38 heavy (non-hydrogen) atoms. The number of hydrogen-bond donors (Lipinski definition) is 4. The van der Waals surface area contributed by atoms with Crippen molar-refractivity contribution in [3.63, 3.8) is 0 Å². The summed E-state index contributed by atoms with van der Waals surface area (Å²) in [6.07, 6.45) is 23.7. The van der Waals surface area contributed by atoms with Crippen molar-refractivity contribution in [1.29, 1.82) is 0 Å². The average Bonchev–Trinajstić information content (AvgIpc) is 3.46. The molecule has 4 rings (SSSR count). The van der Waals surface area contributed by atoms with Crippen molar-refractivity contribution in [3.8, 4) is 0 Å². The molecular formula is C29H45N3O3S2Si. The highest BCUT2D eigenvalue weighted by atomic mass is 32.2. The Labute approximate surface area is 239 Å². The maximum Gasteiger partial charge on any atom is 0.315 e. The number of carbonyl (C=O) groups is 2. The minimum atomic E-state index is -2.46. The zero-order valence-corrected chi connectivity index (χ0v) is 25.7. The molecule has 4 atom stereocenters. The predicted octanol–water partition coefficient (Wildman–Crippen LogP) is 5.66. The Balaban J connectivity index is 1.31. The third-order valence-corrected chi connectivity index (χ3v) is 16.0. The van der Waals surface area contributed by atoms with Gasteiger partial charge in [-0.25, -0.2) is 4.79 Å². The molecule has 3 N–H and O–H groups in total. The van der Waals surface area contributed by atoms with Gasteiger partial charge in [0.1, 0.15) is 0 Å². The smallest absolute Gasteiger partial charge is 0.315 e. The molecule has 0 bridgehead atoms. The van der Waals surface area contributed by atoms with Crippen molar-refractivity contribution in [2.45, 2.75) is 98.8 Å². The molecule has 0 aromatic carbocycles. The van der Waals surface area contributed by atoms with Crippen LogP contribution in [0.15, 0.2) is 48.6 Å². The Hall–Kier alpha value is -1.42. The lowest BCUT2D eigenvalue weighted by Crippen LogP contribution is -2.56. The van der Waals surface area contributed by atoms with Gasteiger partial charge in [-0.2, -0.15) is 24.4 Å². The molecule has 9 heteroatoms. The van der Waals surface area contributed by atoms with E-state index in [0.717, 1.165) is 37.9 Å². The van der Waals surface area contributed by atoms with Crippen LogP contribution in [0.3, 0.4) is 0 Å². The number of fused-ring (bicyclic) bond motifs is 1. The molecule has 2 heterocycles. The van der Waals surface area contributed by atoms with E-state index in [9.17, 15) is 9.59 Å². The highest BCUT2D eigenvalue weighted by Crippen LogP contribution is 2.54. The van der Waals surface area contributed by atoms with Gasteiger partial charge in [0.2, 0.25) is 14.2 Å². The van der Waals surface area contributed by atoms with Gasteiger partial charge in [-0.3, -0.25) is 4.79 Å². The molecule has 3 amide bonds. The van der Waals surface area contributed by atoms with E-state index < -0.39 is 8.32 Å². The summed E-state index contributed by atoms with van der Waals surface area (Å²) < 4.78 is 7.10. The van der Waals surface area contributed by atoms with Gasteiger partial charge >= 0.3 is 6.03 Å². The molecule has 2 aliphatic heterocycles. The Morgan fingerprint density at radius 2 is 1.74 bits per heavy atom. The van der Waals surface area contributed by atoms with E-state index in [4.69, 9.17) is 4.43 Å². The van der Waals surface area contributed by atoms with E-state index in [2.05, 4.69) is 98.0 Å². The fourth-order valence-corrected chi connectivity index (χ4v) is 13.5. The van der Waals surface area contributed by atoms with E-state index in [1.807, 2.05) is 11.8 Å². The van der Waals surface area contributed by atoms with Crippen LogP contribution in [0.5, 0.6) is 0 Å². The van der Waals surface area contributed by atoms with Gasteiger partial charge in [0.05, 0.1) is 24.7 Å². The van der Waals surface area contributed by atoms with Gasteiger partial charge in [-0.1, -0.05) is 75.8 Å². The van der Waals surface area contributed by atoms with Gasteiger partial charge in [0, 0.05) is 34.3 Å². The first kappa shape index (κ1) is 29.6. The van der Waals surface area contributed by atoms with Crippen molar-refractivity contribution in [3.05, 3.63) is 48.6 Å². The number of thiol groups is 1. The lowest BCUT2D eigenvalue weighted by atomic mass is 10.0. The lowest BCUT2D eigenvalue weighted by Gasteiger charge is -2.50. The summed E-state index contributed by atoms with van der Waals surface area (Å²) in [6.45, 7) is 7.43. The molecule has 2 saturated heterocycles. The number of unbranched alkanes of at least 4 members (excludes halogenated alkanes) is 1. The van der Waals surface area contributed by atoms with Crippen LogP contribution in [0.2, 0.25) is 16.1 Å². The minimum absolute atomic E-state index is 0.0168. The standard InChI is InChI=1S/C29H45N3O3S2Si/c1-29(2,3)38(22-12-6-4-7-13-22,23-14-8-5-9-15-23)35-18-21(19-36)30-26(33)17-11-10-16-25-27-24(20-37-25)31-28(34)32-27/h6-9,12-15,21-25,27,36H,4-5,10-11,16-20H2,1-3H3,(H,30,33)(H2,31,32,34)/t21?,24-,25-,27-/m0/s1. The first-order chi connectivity index (χ1) is 18.2. The average molecular weight is 576 g/mol. The van der Waals surface area contributed by atoms with Crippen molar-refractivity contribution >= 4 is 44.6 Å². The number of carbonyl (C=O) groups excluding carboxylic acids is 2. The van der Waals surface area contributed by atoms with E-state index in [-0.39, 0.29) is 46.2 Å². The van der Waals surface area contributed by atoms with Gasteiger partial charge < -0.3 is 20.4 Å². The number of nitrogens with one attached hydrogen (secondary N) is 3. The second-order valence-electron chi connectivity index (χ2n) is 11.9. The summed E-state index contributed by atoms with van der Waals surface area (Å²) in [5.41, 5.74) is 0.552. The third-order valence-electron chi connectivity index (χ3n) is 8.27. The number of allylic oxidation sites excluding steroid dienone is 8. The maximum atomic E-state index is 12.9. The highest BCUT2D eigenvalue weighted by Gasteiger charge is 2.55. The number of hydrogen-bond acceptors (Lipinski definition) is 5. The van der Waals surface area contributed by atoms with Crippen LogP contribution in [0, 0.1) is 0 Å². The fourth-order valence-electron chi connectivity index (χ4n) is 6.34. The molecule has 2 aliphatic carbocycles. The molecule has 2 fully saturated rings. The zero-order chi connectivity index (χ0) is 27.2. The first-order valence-corrected chi connectivity index (χ1v) is 17.9. The van der Waals surface area contributed by atoms with Gasteiger partial charge in [0.15, 0.2) is 0 Å². The third kappa shape index (κ3) is 6.82. The van der Waals surface area contributed by atoms with Gasteiger partial charge in [-0.05, 0) is 30.7 Å². The molecule has 0 aromatic rings. The van der Waals surface area contributed by atoms with E-state index in [1.54, 1.807) is 0 Å². The van der Waals surface area contributed by atoms with Crippen LogP contribution in [-0.4, -0.2) is 61.7 Å². The minimum Gasteiger partial charge on any atom is -0.412 e. The van der Waals surface area contributed by atoms with Gasteiger partial charge in [0.25, 0.3) is 0 Å². The fraction of sp³-hybridized carbons (Fsp3) is 0.655. The van der Waals surface area contributed by atoms with E-state index in [0.29, 0.717) is 24.0 Å². The molecule has 0 radical (unpaired) electrons. The Kier molecular flexibility index (Phi) is 10.3. The van der Waals surface area contributed by atoms with Crippen molar-refractivity contribution in [2.24, 2.45) is 0 Å². The number of urea groups is 1. The summed E-state index contributed by atoms with van der Waals surface area (Å²) in [5, 5.41) is 9.66. The normalized spacial score (nSPS) is 26.3. The summed E-state index contributed by atoms with van der Waals surface area (Å²) in [7, 11) is -2.46. The highest BCUT2D eigenvalue weighted by molar-refractivity contribution is 8.00. The topological polar surface area (TPSA) is 79.5 Å². The number of rotatable bonds is 12. The van der Waals surface area contributed by atoms with Crippen LogP contribution in [0.25, 0.3) is 0 Å². The van der Waals surface area contributed by atoms with E-state index >= 15 is 0 Å². The SMILES string of the molecule is CC(C)(C)[Si](OCC(CS)NC(=O)CCCC[C@@H]1SC[C@@H]2NC(=O)N[C@@H]21)(C1C=CCC=C1)C1C=CCC=C1. The Morgan fingerprint density at radius 3 is 2.32 bits per heavy atom. The quantitative estimate of drug-likeness (QED) is 0.0796. The van der Waals surface area contributed by atoms with Crippen LogP contribution >= 0.6 is 24.4 Å². The molecule has 0 aromatic heterocycles. The van der Waals surface area contributed by atoms with Crippen LogP contribution in [-0.2, 0) is 9.22 Å². The predicted molar refractivity (Wildman–Crippen MR) is 164 cm³/mol. The largest absolute Gasteiger partial charge is 0.412 e. The summed E-state index contributed by atoms with van der Waals surface area (Å²) >= 11 is 6.50. The molecule has 0 saturated carbocycles. The second kappa shape index (κ2) is 13.3. The summed E-state index contributed by atoms with van der Waals surface area (Å²) in [5.74, 6) is 1.58. The van der Waals surface area contributed by atoms with Crippen molar-refractivity contribution < 1.29 is 14.0 Å². The van der Waals surface area contributed by atoms with Crippen LogP contribution in [0.1, 0.15) is 59.3 Å². The van der Waals surface area contributed by atoms with Crippen molar-refractivity contribution in [1.82, 2.24) is 16.0 Å². The summed E-state index contributed by atoms with van der Waals surface area (Å²) in [4.78, 5) is 24.4. The lowest BCUT2D eigenvalue weighted by molar-refractivity contribution is -0.122. The van der Waals surface area contributed by atoms with E-state index in [1.165, 1.54) is 0 Å². The zero-order valence-electron chi connectivity index (χ0n) is 23.0. The molecule has 6 nitrogen and oxygen atoms in total. The van der Waals surface area contributed by atoms with Crippen LogP contribution < -0.4 is 16.0 Å². The first-order valence-electron chi connectivity index (χ1n) is 14.1. The molecule has 1 unspecified atom stereocenters. The summed E-state index contributed by atoms with van der Waals surface area (Å²) in [6, 6.07) is 0.301. The monoisotopic (exact) mass is 575 g/mol. The Morgan fingerprint density at radius 1 is 1.11 bits per heavy atom. The maximum absolute atomic E-state index is 12.9. The van der Waals surface area contributed by atoms with Gasteiger partial charge in [-0.15, -0.1) is 0 Å². The number of thioether (sulfide) groups is 1. The van der Waals surface area contributed by atoms with Crippen LogP contribution in [0.4, 0.5) is 4.79 Å². The molecule has 0 spiro atoms. The second-order valence-corrected chi connectivity index (χ2v) is 18.2. The Bertz CT molecular complexity index is 907.